The molecule has 1 aliphatic carbocycles. The summed E-state index contributed by atoms with van der Waals surface area (Å²) in [6.07, 6.45) is 2.97. The average molecular weight is 341 g/mol. The predicted molar refractivity (Wildman–Crippen MR) is 87.4 cm³/mol. The molecule has 0 spiro atoms. The van der Waals surface area contributed by atoms with Crippen LogP contribution in [-0.4, -0.2) is 54.9 Å². The summed E-state index contributed by atoms with van der Waals surface area (Å²) in [5.74, 6) is 1.05. The molecule has 0 unspecified atom stereocenters. The van der Waals surface area contributed by atoms with Crippen LogP contribution in [0.25, 0.3) is 0 Å². The highest BCUT2D eigenvalue weighted by Crippen LogP contribution is 2.37. The predicted octanol–water partition coefficient (Wildman–Crippen LogP) is 1.90. The zero-order chi connectivity index (χ0) is 16.2. The molecule has 1 aromatic carbocycles. The quantitative estimate of drug-likeness (QED) is 0.827. The molecule has 23 heavy (non-hydrogen) atoms. The molecule has 1 heterocycles. The zero-order valence-electron chi connectivity index (χ0n) is 12.9. The van der Waals surface area contributed by atoms with Gasteiger partial charge in [0, 0.05) is 31.1 Å². The van der Waals surface area contributed by atoms with Crippen molar-refractivity contribution in [2.24, 2.45) is 0 Å². The van der Waals surface area contributed by atoms with Gasteiger partial charge in [0.2, 0.25) is 5.91 Å². The van der Waals surface area contributed by atoms with Crippen molar-refractivity contribution >= 4 is 23.2 Å². The van der Waals surface area contributed by atoms with Crippen molar-refractivity contribution in [2.75, 3.05) is 38.2 Å². The first-order valence-electron chi connectivity index (χ1n) is 7.91. The molecule has 1 amide bonds. The number of amides is 1. The molecule has 0 radical (unpaired) electrons. The zero-order valence-corrected chi connectivity index (χ0v) is 13.6. The molecular weight excluding hydrogens is 320 g/mol. The second-order valence-corrected chi connectivity index (χ2v) is 6.21. The summed E-state index contributed by atoms with van der Waals surface area (Å²) >= 11 is 6.23. The Kier molecular flexibility index (Phi) is 5.25. The van der Waals surface area contributed by atoms with E-state index in [9.17, 15) is 4.79 Å². The summed E-state index contributed by atoms with van der Waals surface area (Å²) in [6, 6.07) is 3.78. The van der Waals surface area contributed by atoms with E-state index in [0.29, 0.717) is 48.0 Å². The van der Waals surface area contributed by atoms with E-state index in [0.717, 1.165) is 19.3 Å². The SMILES string of the molecule is O=C(CN(CCO)C1CC1)Nc1cc2c(cc1Cl)OCCCO2. The first-order chi connectivity index (χ1) is 11.2. The van der Waals surface area contributed by atoms with Crippen LogP contribution in [0.2, 0.25) is 5.02 Å². The van der Waals surface area contributed by atoms with E-state index in [1.54, 1.807) is 12.1 Å². The Morgan fingerprint density at radius 1 is 1.30 bits per heavy atom. The van der Waals surface area contributed by atoms with Gasteiger partial charge in [-0.15, -0.1) is 0 Å². The van der Waals surface area contributed by atoms with Crippen LogP contribution in [0.1, 0.15) is 19.3 Å². The minimum Gasteiger partial charge on any atom is -0.490 e. The highest BCUT2D eigenvalue weighted by Gasteiger charge is 2.30. The van der Waals surface area contributed by atoms with Crippen LogP contribution in [-0.2, 0) is 4.79 Å². The number of benzene rings is 1. The molecule has 2 N–H and O–H groups in total. The van der Waals surface area contributed by atoms with Gasteiger partial charge in [-0.05, 0) is 12.8 Å². The Labute approximate surface area is 140 Å². The maximum absolute atomic E-state index is 12.3. The third-order valence-electron chi connectivity index (χ3n) is 3.91. The number of nitrogens with zero attached hydrogens (tertiary/aromatic N) is 1. The van der Waals surface area contributed by atoms with Gasteiger partial charge in [-0.3, -0.25) is 9.69 Å². The fourth-order valence-corrected chi connectivity index (χ4v) is 2.81. The Bertz CT molecular complexity index is 577. The van der Waals surface area contributed by atoms with Gasteiger partial charge >= 0.3 is 0 Å². The molecule has 7 heteroatoms. The van der Waals surface area contributed by atoms with Crippen LogP contribution >= 0.6 is 11.6 Å². The smallest absolute Gasteiger partial charge is 0.238 e. The van der Waals surface area contributed by atoms with Crippen molar-refractivity contribution < 1.29 is 19.4 Å². The number of halogens is 1. The number of aliphatic hydroxyl groups excluding tert-OH is 1. The van der Waals surface area contributed by atoms with Crippen molar-refractivity contribution in [1.82, 2.24) is 4.90 Å². The van der Waals surface area contributed by atoms with Crippen molar-refractivity contribution in [3.63, 3.8) is 0 Å². The number of nitrogens with one attached hydrogen (secondary N) is 1. The van der Waals surface area contributed by atoms with Crippen LogP contribution in [0.5, 0.6) is 11.5 Å². The third-order valence-corrected chi connectivity index (χ3v) is 4.22. The number of carbonyl (C=O) groups excluding carboxylic acids is 1. The van der Waals surface area contributed by atoms with Gasteiger partial charge in [-0.2, -0.15) is 0 Å². The maximum Gasteiger partial charge on any atom is 0.238 e. The lowest BCUT2D eigenvalue weighted by Gasteiger charge is -2.20. The summed E-state index contributed by atoms with van der Waals surface area (Å²) in [5, 5.41) is 12.3. The lowest BCUT2D eigenvalue weighted by Crippen LogP contribution is -2.36. The molecule has 0 atom stereocenters. The summed E-state index contributed by atoms with van der Waals surface area (Å²) in [4.78, 5) is 14.2. The first-order valence-corrected chi connectivity index (χ1v) is 8.29. The van der Waals surface area contributed by atoms with Gasteiger partial charge in [0.05, 0.1) is 37.1 Å². The first kappa shape index (κ1) is 16.4. The summed E-state index contributed by atoms with van der Waals surface area (Å²) in [5.41, 5.74) is 0.515. The Morgan fingerprint density at radius 2 is 2.00 bits per heavy atom. The third kappa shape index (κ3) is 4.28. The van der Waals surface area contributed by atoms with Gasteiger partial charge in [-0.1, -0.05) is 11.6 Å². The minimum absolute atomic E-state index is 0.0502. The largest absolute Gasteiger partial charge is 0.490 e. The molecule has 6 nitrogen and oxygen atoms in total. The van der Waals surface area contributed by atoms with E-state index in [1.165, 1.54) is 0 Å². The van der Waals surface area contributed by atoms with Crippen molar-refractivity contribution in [3.05, 3.63) is 17.2 Å². The van der Waals surface area contributed by atoms with Crippen molar-refractivity contribution in [1.29, 1.82) is 0 Å². The second kappa shape index (κ2) is 7.38. The van der Waals surface area contributed by atoms with Gasteiger partial charge in [0.1, 0.15) is 0 Å². The van der Waals surface area contributed by atoms with Crippen LogP contribution in [0, 0.1) is 0 Å². The summed E-state index contributed by atoms with van der Waals surface area (Å²) in [6.45, 7) is 1.97. The standard InChI is InChI=1S/C16H21ClN2O4/c17-12-8-14-15(23-7-1-6-22-14)9-13(12)18-16(21)10-19(4-5-20)11-2-3-11/h8-9,11,20H,1-7,10H2,(H,18,21). The number of rotatable bonds is 6. The fraction of sp³-hybridized carbons (Fsp3) is 0.562. The molecule has 0 saturated heterocycles. The van der Waals surface area contributed by atoms with Gasteiger partial charge < -0.3 is 19.9 Å². The number of carbonyl (C=O) groups is 1. The van der Waals surface area contributed by atoms with Crippen LogP contribution in [0.3, 0.4) is 0 Å². The van der Waals surface area contributed by atoms with E-state index in [4.69, 9.17) is 26.2 Å². The molecule has 1 saturated carbocycles. The molecule has 3 rings (SSSR count). The number of hydrogen-bond acceptors (Lipinski definition) is 5. The maximum atomic E-state index is 12.3. The lowest BCUT2D eigenvalue weighted by molar-refractivity contribution is -0.117. The molecule has 0 bridgehead atoms. The number of hydrogen-bond donors (Lipinski definition) is 2. The Morgan fingerprint density at radius 3 is 2.65 bits per heavy atom. The minimum atomic E-state index is -0.151. The van der Waals surface area contributed by atoms with Crippen LogP contribution in [0.15, 0.2) is 12.1 Å². The van der Waals surface area contributed by atoms with E-state index >= 15 is 0 Å². The average Bonchev–Trinajstić information content (AvgIpc) is 3.34. The van der Waals surface area contributed by atoms with Crippen molar-refractivity contribution in [2.45, 2.75) is 25.3 Å². The van der Waals surface area contributed by atoms with E-state index in [-0.39, 0.29) is 19.1 Å². The number of fused-ring (bicyclic) bond motifs is 1. The van der Waals surface area contributed by atoms with Crippen LogP contribution < -0.4 is 14.8 Å². The molecule has 1 aliphatic heterocycles. The number of aliphatic hydroxyl groups is 1. The van der Waals surface area contributed by atoms with Crippen molar-refractivity contribution in [3.8, 4) is 11.5 Å². The van der Waals surface area contributed by atoms with E-state index in [1.807, 2.05) is 4.90 Å². The summed E-state index contributed by atoms with van der Waals surface area (Å²) < 4.78 is 11.2. The summed E-state index contributed by atoms with van der Waals surface area (Å²) in [7, 11) is 0. The highest BCUT2D eigenvalue weighted by atomic mass is 35.5. The second-order valence-electron chi connectivity index (χ2n) is 5.80. The molecule has 1 aromatic rings. The van der Waals surface area contributed by atoms with Crippen LogP contribution in [0.4, 0.5) is 5.69 Å². The fourth-order valence-electron chi connectivity index (χ4n) is 2.61. The molecular formula is C16H21ClN2O4. The van der Waals surface area contributed by atoms with E-state index in [2.05, 4.69) is 5.32 Å². The van der Waals surface area contributed by atoms with Gasteiger partial charge in [0.15, 0.2) is 11.5 Å². The molecule has 1 fully saturated rings. The normalized spacial score (nSPS) is 17.0. The Hall–Kier alpha value is -1.50. The Balaban J connectivity index is 1.66. The number of anilines is 1. The molecule has 0 aromatic heterocycles. The topological polar surface area (TPSA) is 71.0 Å². The molecule has 2 aliphatic rings. The molecule has 126 valence electrons. The highest BCUT2D eigenvalue weighted by molar-refractivity contribution is 6.34. The van der Waals surface area contributed by atoms with Gasteiger partial charge in [-0.25, -0.2) is 0 Å². The monoisotopic (exact) mass is 340 g/mol. The van der Waals surface area contributed by atoms with Gasteiger partial charge in [0.25, 0.3) is 0 Å². The lowest BCUT2D eigenvalue weighted by atomic mass is 10.2. The number of ether oxygens (including phenoxy) is 2. The van der Waals surface area contributed by atoms with E-state index < -0.39 is 0 Å².